The van der Waals surface area contributed by atoms with Crippen molar-refractivity contribution in [3.05, 3.63) is 87.7 Å². The largest absolute Gasteiger partial charge is 0.486 e. The molecule has 0 unspecified atom stereocenters. The molecule has 0 saturated heterocycles. The second-order valence-corrected chi connectivity index (χ2v) is 8.94. The SMILES string of the molecule is Cc1cc([C@H](Oc2ccc3c(c2C)OC(C)(C)CC3=O)c2ccc(C#N)cc2)cc(C)n1. The number of hydrogen-bond donors (Lipinski definition) is 0. The van der Waals surface area contributed by atoms with Gasteiger partial charge in [-0.3, -0.25) is 9.78 Å². The number of aromatic nitrogens is 1. The predicted octanol–water partition coefficient (Wildman–Crippen LogP) is 5.79. The molecule has 0 spiro atoms. The Kier molecular flexibility index (Phi) is 5.48. The van der Waals surface area contributed by atoms with Gasteiger partial charge in [0.1, 0.15) is 23.2 Å². The van der Waals surface area contributed by atoms with Crippen LogP contribution in [0.2, 0.25) is 0 Å². The molecule has 32 heavy (non-hydrogen) atoms. The van der Waals surface area contributed by atoms with E-state index < -0.39 is 11.7 Å². The van der Waals surface area contributed by atoms with Gasteiger partial charge < -0.3 is 9.47 Å². The van der Waals surface area contributed by atoms with Crippen molar-refractivity contribution in [2.45, 2.75) is 52.7 Å². The molecule has 0 N–H and O–H groups in total. The number of rotatable bonds is 4. The Labute approximate surface area is 188 Å². The van der Waals surface area contributed by atoms with Crippen molar-refractivity contribution in [2.24, 2.45) is 0 Å². The first-order valence-corrected chi connectivity index (χ1v) is 10.6. The Balaban J connectivity index is 1.79. The van der Waals surface area contributed by atoms with E-state index in [0.29, 0.717) is 29.0 Å². The van der Waals surface area contributed by atoms with E-state index in [0.717, 1.165) is 28.1 Å². The molecule has 1 aliphatic heterocycles. The number of pyridine rings is 1. The Morgan fingerprint density at radius 2 is 1.69 bits per heavy atom. The minimum atomic E-state index is -0.556. The molecule has 2 heterocycles. The number of aryl methyl sites for hydroxylation is 2. The standard InChI is InChI=1S/C27H26N2O3/c1-16-12-21(13-17(2)29-16)26(20-8-6-19(15-28)7-9-20)31-24-11-10-22-23(30)14-27(4,5)32-25(22)18(24)3/h6-13,26H,14H2,1-5H3/t26-/m1/s1. The molecule has 0 fully saturated rings. The summed E-state index contributed by atoms with van der Waals surface area (Å²) < 4.78 is 12.7. The molecule has 5 heteroatoms. The molecular weight excluding hydrogens is 400 g/mol. The highest BCUT2D eigenvalue weighted by molar-refractivity contribution is 6.01. The highest BCUT2D eigenvalue weighted by Crippen LogP contribution is 2.41. The number of nitriles is 1. The summed E-state index contributed by atoms with van der Waals surface area (Å²) in [5.74, 6) is 1.31. The first-order chi connectivity index (χ1) is 15.2. The van der Waals surface area contributed by atoms with Crippen LogP contribution in [0.1, 0.15) is 70.4 Å². The summed E-state index contributed by atoms with van der Waals surface area (Å²) in [4.78, 5) is 17.1. The summed E-state index contributed by atoms with van der Waals surface area (Å²) in [6.45, 7) is 9.67. The lowest BCUT2D eigenvalue weighted by atomic mass is 9.91. The topological polar surface area (TPSA) is 72.2 Å². The smallest absolute Gasteiger partial charge is 0.170 e. The molecule has 1 aromatic heterocycles. The molecule has 0 amide bonds. The molecule has 2 aromatic carbocycles. The summed E-state index contributed by atoms with van der Waals surface area (Å²) in [5.41, 5.74) is 5.12. The third-order valence-electron chi connectivity index (χ3n) is 5.62. The summed E-state index contributed by atoms with van der Waals surface area (Å²) in [7, 11) is 0. The molecule has 0 bridgehead atoms. The molecule has 1 aliphatic rings. The van der Waals surface area contributed by atoms with E-state index in [2.05, 4.69) is 11.1 Å². The van der Waals surface area contributed by atoms with Gasteiger partial charge in [-0.2, -0.15) is 5.26 Å². The van der Waals surface area contributed by atoms with Crippen LogP contribution in [-0.2, 0) is 0 Å². The van der Waals surface area contributed by atoms with Crippen LogP contribution in [0.4, 0.5) is 0 Å². The Morgan fingerprint density at radius 3 is 2.31 bits per heavy atom. The van der Waals surface area contributed by atoms with Gasteiger partial charge >= 0.3 is 0 Å². The van der Waals surface area contributed by atoms with E-state index in [4.69, 9.17) is 9.47 Å². The molecule has 4 rings (SSSR count). The maximum Gasteiger partial charge on any atom is 0.170 e. The van der Waals surface area contributed by atoms with Crippen molar-refractivity contribution in [3.8, 4) is 17.6 Å². The summed E-state index contributed by atoms with van der Waals surface area (Å²) in [5, 5.41) is 9.17. The first-order valence-electron chi connectivity index (χ1n) is 10.6. The number of carbonyl (C=O) groups is 1. The van der Waals surface area contributed by atoms with Crippen molar-refractivity contribution >= 4 is 5.78 Å². The van der Waals surface area contributed by atoms with Gasteiger partial charge in [-0.1, -0.05) is 12.1 Å². The maximum atomic E-state index is 12.6. The van der Waals surface area contributed by atoms with E-state index in [-0.39, 0.29) is 5.78 Å². The monoisotopic (exact) mass is 426 g/mol. The zero-order chi connectivity index (χ0) is 23.0. The van der Waals surface area contributed by atoms with Gasteiger partial charge in [0.25, 0.3) is 0 Å². The van der Waals surface area contributed by atoms with Crippen LogP contribution in [0.15, 0.2) is 48.5 Å². The maximum absolute atomic E-state index is 12.6. The van der Waals surface area contributed by atoms with Crippen LogP contribution in [0.25, 0.3) is 0 Å². The number of ether oxygens (including phenoxy) is 2. The van der Waals surface area contributed by atoms with Gasteiger partial charge in [-0.25, -0.2) is 0 Å². The minimum absolute atomic E-state index is 0.0786. The number of benzene rings is 2. The second kappa shape index (κ2) is 8.12. The fraction of sp³-hybridized carbons (Fsp3) is 0.296. The van der Waals surface area contributed by atoms with Gasteiger partial charge in [0.05, 0.1) is 23.6 Å². The van der Waals surface area contributed by atoms with Crippen molar-refractivity contribution in [2.75, 3.05) is 0 Å². The van der Waals surface area contributed by atoms with Gasteiger partial charge in [0.15, 0.2) is 5.78 Å². The predicted molar refractivity (Wildman–Crippen MR) is 122 cm³/mol. The highest BCUT2D eigenvalue weighted by Gasteiger charge is 2.34. The van der Waals surface area contributed by atoms with Gasteiger partial charge in [0.2, 0.25) is 0 Å². The Morgan fingerprint density at radius 1 is 1.03 bits per heavy atom. The summed E-state index contributed by atoms with van der Waals surface area (Å²) in [6, 6.07) is 17.2. The quantitative estimate of drug-likeness (QED) is 0.528. The number of carbonyl (C=O) groups excluding carboxylic acids is 1. The van der Waals surface area contributed by atoms with E-state index in [1.165, 1.54) is 0 Å². The average Bonchev–Trinajstić information content (AvgIpc) is 2.72. The minimum Gasteiger partial charge on any atom is -0.486 e. The molecule has 0 saturated carbocycles. The fourth-order valence-corrected chi connectivity index (χ4v) is 4.15. The van der Waals surface area contributed by atoms with E-state index in [1.54, 1.807) is 18.2 Å². The van der Waals surface area contributed by atoms with Crippen LogP contribution >= 0.6 is 0 Å². The van der Waals surface area contributed by atoms with Crippen molar-refractivity contribution in [1.29, 1.82) is 5.26 Å². The van der Waals surface area contributed by atoms with Gasteiger partial charge in [-0.05, 0) is 76.6 Å². The van der Waals surface area contributed by atoms with E-state index in [1.807, 2.05) is 65.0 Å². The molecule has 0 aliphatic carbocycles. The van der Waals surface area contributed by atoms with Crippen molar-refractivity contribution in [1.82, 2.24) is 4.98 Å². The zero-order valence-corrected chi connectivity index (χ0v) is 19.0. The van der Waals surface area contributed by atoms with Gasteiger partial charge in [-0.15, -0.1) is 0 Å². The molecule has 1 atom stereocenters. The summed E-state index contributed by atoms with van der Waals surface area (Å²) >= 11 is 0. The zero-order valence-electron chi connectivity index (χ0n) is 19.0. The van der Waals surface area contributed by atoms with Crippen LogP contribution < -0.4 is 9.47 Å². The lowest BCUT2D eigenvalue weighted by molar-refractivity contribution is 0.0612. The van der Waals surface area contributed by atoms with Crippen LogP contribution in [-0.4, -0.2) is 16.4 Å². The highest BCUT2D eigenvalue weighted by atomic mass is 16.5. The Bertz CT molecular complexity index is 1220. The van der Waals surface area contributed by atoms with Gasteiger partial charge in [0, 0.05) is 22.5 Å². The lowest BCUT2D eigenvalue weighted by Crippen LogP contribution is -2.36. The number of nitrogens with zero attached hydrogens (tertiary/aromatic N) is 2. The third kappa shape index (κ3) is 4.22. The van der Waals surface area contributed by atoms with E-state index >= 15 is 0 Å². The number of fused-ring (bicyclic) bond motifs is 1. The molecule has 5 nitrogen and oxygen atoms in total. The van der Waals surface area contributed by atoms with Crippen LogP contribution in [0.3, 0.4) is 0 Å². The number of Topliss-reactive ketones (excluding diaryl/α,β-unsaturated/α-hetero) is 1. The van der Waals surface area contributed by atoms with Crippen LogP contribution in [0.5, 0.6) is 11.5 Å². The lowest BCUT2D eigenvalue weighted by Gasteiger charge is -2.33. The van der Waals surface area contributed by atoms with Crippen molar-refractivity contribution in [3.63, 3.8) is 0 Å². The molecule has 3 aromatic rings. The third-order valence-corrected chi connectivity index (χ3v) is 5.62. The van der Waals surface area contributed by atoms with E-state index in [9.17, 15) is 10.1 Å². The second-order valence-electron chi connectivity index (χ2n) is 8.94. The average molecular weight is 427 g/mol. The summed E-state index contributed by atoms with van der Waals surface area (Å²) in [6.07, 6.45) is -0.0597. The first kappa shape index (κ1) is 21.6. The van der Waals surface area contributed by atoms with Crippen LogP contribution in [0, 0.1) is 32.1 Å². The molecular formula is C27H26N2O3. The number of hydrogen-bond acceptors (Lipinski definition) is 5. The Hall–Kier alpha value is -3.65. The molecule has 0 radical (unpaired) electrons. The number of ketones is 1. The molecule has 162 valence electrons. The fourth-order valence-electron chi connectivity index (χ4n) is 4.15. The van der Waals surface area contributed by atoms with Crippen molar-refractivity contribution < 1.29 is 14.3 Å². The normalized spacial score (nSPS) is 15.3.